The zero-order chi connectivity index (χ0) is 12.5. The minimum atomic E-state index is -0.0382. The van der Waals surface area contributed by atoms with Crippen molar-refractivity contribution >= 4 is 17.3 Å². The summed E-state index contributed by atoms with van der Waals surface area (Å²) in [6.45, 7) is 0. The first-order chi connectivity index (χ1) is 8.72. The van der Waals surface area contributed by atoms with E-state index in [-0.39, 0.29) is 6.10 Å². The minimum Gasteiger partial charge on any atom is -0.512 e. The summed E-state index contributed by atoms with van der Waals surface area (Å²) in [6, 6.07) is 7.56. The molecule has 0 spiro atoms. The van der Waals surface area contributed by atoms with Crippen LogP contribution in [-0.4, -0.2) is 16.9 Å². The van der Waals surface area contributed by atoms with E-state index in [1.54, 1.807) is 0 Å². The molecule has 1 aliphatic heterocycles. The van der Waals surface area contributed by atoms with Gasteiger partial charge in [-0.15, -0.1) is 0 Å². The third kappa shape index (κ3) is 2.51. The molecule has 1 N–H and O–H groups in total. The smallest absolute Gasteiger partial charge is 0.140 e. The van der Waals surface area contributed by atoms with Crippen LogP contribution in [0.4, 0.5) is 0 Å². The number of oxime groups is 1. The zero-order valence-electron chi connectivity index (χ0n) is 9.90. The number of nitrogens with zero attached hydrogens (tertiary/aromatic N) is 1. The Kier molecular flexibility index (Phi) is 3.00. The van der Waals surface area contributed by atoms with Crippen molar-refractivity contribution in [2.45, 2.75) is 31.8 Å². The van der Waals surface area contributed by atoms with E-state index in [0.29, 0.717) is 17.2 Å². The van der Waals surface area contributed by atoms with Gasteiger partial charge in [0.1, 0.15) is 6.10 Å². The van der Waals surface area contributed by atoms with E-state index < -0.39 is 0 Å². The van der Waals surface area contributed by atoms with Crippen molar-refractivity contribution < 1.29 is 9.94 Å². The van der Waals surface area contributed by atoms with Crippen LogP contribution in [0.2, 0.25) is 5.02 Å². The molecular formula is C14H14ClNO2. The fourth-order valence-corrected chi connectivity index (χ4v) is 2.19. The Morgan fingerprint density at radius 1 is 1.33 bits per heavy atom. The minimum absolute atomic E-state index is 0.0382. The first kappa shape index (κ1) is 11.6. The zero-order valence-corrected chi connectivity index (χ0v) is 10.7. The Bertz CT molecular complexity index is 513. The molecule has 1 aromatic carbocycles. The fraction of sp³-hybridized carbons (Fsp3) is 0.357. The van der Waals surface area contributed by atoms with Crippen LogP contribution in [0.3, 0.4) is 0 Å². The number of aliphatic hydroxyl groups is 1. The van der Waals surface area contributed by atoms with Crippen molar-refractivity contribution in [3.05, 3.63) is 46.2 Å². The van der Waals surface area contributed by atoms with Gasteiger partial charge in [0.25, 0.3) is 0 Å². The van der Waals surface area contributed by atoms with Crippen LogP contribution in [0, 0.1) is 0 Å². The lowest BCUT2D eigenvalue weighted by atomic mass is 10.0. The number of benzene rings is 1. The van der Waals surface area contributed by atoms with Gasteiger partial charge in [0.2, 0.25) is 0 Å². The molecule has 1 heterocycles. The Labute approximate surface area is 111 Å². The lowest BCUT2D eigenvalue weighted by Gasteiger charge is -2.06. The second-order valence-corrected chi connectivity index (χ2v) is 5.17. The van der Waals surface area contributed by atoms with Crippen LogP contribution < -0.4 is 0 Å². The van der Waals surface area contributed by atoms with Crippen molar-refractivity contribution in [2.75, 3.05) is 0 Å². The van der Waals surface area contributed by atoms with Crippen LogP contribution in [0.25, 0.3) is 0 Å². The van der Waals surface area contributed by atoms with E-state index in [4.69, 9.17) is 16.4 Å². The molecule has 4 heteroatoms. The number of hydrogen-bond acceptors (Lipinski definition) is 3. The third-order valence-corrected chi connectivity index (χ3v) is 3.49. The first-order valence-electron chi connectivity index (χ1n) is 6.11. The summed E-state index contributed by atoms with van der Waals surface area (Å²) in [6.07, 6.45) is 3.32. The maximum atomic E-state index is 9.77. The molecule has 0 aromatic heterocycles. The number of aliphatic hydroxyl groups excluding tert-OH is 1. The van der Waals surface area contributed by atoms with Crippen molar-refractivity contribution in [2.24, 2.45) is 5.16 Å². The highest BCUT2D eigenvalue weighted by molar-refractivity contribution is 6.30. The van der Waals surface area contributed by atoms with Gasteiger partial charge in [0.15, 0.2) is 0 Å². The molecule has 94 valence electrons. The number of rotatable bonds is 3. The molecule has 1 aliphatic carbocycles. The molecule has 3 nitrogen and oxygen atoms in total. The van der Waals surface area contributed by atoms with Gasteiger partial charge < -0.3 is 9.94 Å². The molecule has 1 fully saturated rings. The molecule has 0 bridgehead atoms. The molecule has 18 heavy (non-hydrogen) atoms. The maximum absolute atomic E-state index is 9.77. The van der Waals surface area contributed by atoms with Crippen LogP contribution in [0.15, 0.2) is 40.8 Å². The van der Waals surface area contributed by atoms with Gasteiger partial charge in [-0.25, -0.2) is 0 Å². The molecule has 1 saturated carbocycles. The standard InChI is InChI=1S/C14H14ClNO2/c15-11-5-3-9(4-6-11)13-7-12(18-16-13)8-14(17)10-1-2-10/h3-6,12,17H,1-2,7-8H2. The SMILES string of the molecule is OC(CC1CC(c2ccc(Cl)cc2)=NO1)=C1CC1. The van der Waals surface area contributed by atoms with E-state index in [2.05, 4.69) is 5.16 Å². The lowest BCUT2D eigenvalue weighted by Crippen LogP contribution is -2.09. The summed E-state index contributed by atoms with van der Waals surface area (Å²) in [7, 11) is 0. The van der Waals surface area contributed by atoms with Gasteiger partial charge in [0, 0.05) is 17.9 Å². The average Bonchev–Trinajstić information content (AvgIpc) is 3.12. The predicted molar refractivity (Wildman–Crippen MR) is 71.0 cm³/mol. The van der Waals surface area contributed by atoms with Crippen LogP contribution in [0.1, 0.15) is 31.2 Å². The summed E-state index contributed by atoms with van der Waals surface area (Å²) in [5.41, 5.74) is 3.12. The van der Waals surface area contributed by atoms with Gasteiger partial charge in [-0.1, -0.05) is 28.9 Å². The van der Waals surface area contributed by atoms with Crippen LogP contribution in [0.5, 0.6) is 0 Å². The Morgan fingerprint density at radius 3 is 2.72 bits per heavy atom. The maximum Gasteiger partial charge on any atom is 0.140 e. The fourth-order valence-electron chi connectivity index (χ4n) is 2.06. The number of allylic oxidation sites excluding steroid dienone is 1. The molecule has 1 aromatic rings. The van der Waals surface area contributed by atoms with E-state index in [1.165, 1.54) is 5.57 Å². The van der Waals surface area contributed by atoms with E-state index in [9.17, 15) is 5.11 Å². The molecule has 0 saturated heterocycles. The van der Waals surface area contributed by atoms with Crippen molar-refractivity contribution in [1.29, 1.82) is 0 Å². The topological polar surface area (TPSA) is 41.8 Å². The van der Waals surface area contributed by atoms with Gasteiger partial charge in [0.05, 0.1) is 11.5 Å². The Hall–Kier alpha value is -1.48. The van der Waals surface area contributed by atoms with Crippen LogP contribution in [-0.2, 0) is 4.84 Å². The largest absolute Gasteiger partial charge is 0.512 e. The Balaban J connectivity index is 1.64. The van der Waals surface area contributed by atoms with Gasteiger partial charge in [-0.3, -0.25) is 0 Å². The monoisotopic (exact) mass is 263 g/mol. The molecule has 1 atom stereocenters. The first-order valence-corrected chi connectivity index (χ1v) is 6.48. The normalized spacial score (nSPS) is 21.5. The summed E-state index contributed by atoms with van der Waals surface area (Å²) in [5, 5.41) is 14.6. The predicted octanol–water partition coefficient (Wildman–Crippen LogP) is 3.83. The molecular weight excluding hydrogens is 250 g/mol. The second kappa shape index (κ2) is 4.65. The van der Waals surface area contributed by atoms with Crippen molar-refractivity contribution in [3.63, 3.8) is 0 Å². The van der Waals surface area contributed by atoms with Crippen molar-refractivity contribution in [3.8, 4) is 0 Å². The van der Waals surface area contributed by atoms with E-state index >= 15 is 0 Å². The summed E-state index contributed by atoms with van der Waals surface area (Å²) >= 11 is 5.85. The average molecular weight is 264 g/mol. The van der Waals surface area contributed by atoms with E-state index in [0.717, 1.165) is 30.5 Å². The molecule has 2 aliphatic rings. The quantitative estimate of drug-likeness (QED) is 0.842. The molecule has 1 unspecified atom stereocenters. The second-order valence-electron chi connectivity index (χ2n) is 4.73. The Morgan fingerprint density at radius 2 is 2.06 bits per heavy atom. The highest BCUT2D eigenvalue weighted by Crippen LogP contribution is 2.33. The number of hydrogen-bond donors (Lipinski definition) is 1. The van der Waals surface area contributed by atoms with Crippen molar-refractivity contribution in [1.82, 2.24) is 0 Å². The number of halogens is 1. The van der Waals surface area contributed by atoms with Gasteiger partial charge in [-0.2, -0.15) is 0 Å². The molecule has 0 radical (unpaired) electrons. The van der Waals surface area contributed by atoms with Gasteiger partial charge >= 0.3 is 0 Å². The summed E-state index contributed by atoms with van der Waals surface area (Å²) in [4.78, 5) is 5.36. The molecule has 3 rings (SSSR count). The van der Waals surface area contributed by atoms with Gasteiger partial charge in [-0.05, 0) is 36.1 Å². The highest BCUT2D eigenvalue weighted by atomic mass is 35.5. The highest BCUT2D eigenvalue weighted by Gasteiger charge is 2.26. The summed E-state index contributed by atoms with van der Waals surface area (Å²) in [5.74, 6) is 0.493. The van der Waals surface area contributed by atoms with Crippen LogP contribution >= 0.6 is 11.6 Å². The third-order valence-electron chi connectivity index (χ3n) is 3.24. The lowest BCUT2D eigenvalue weighted by molar-refractivity contribution is 0.0774. The summed E-state index contributed by atoms with van der Waals surface area (Å²) < 4.78 is 0. The van der Waals surface area contributed by atoms with E-state index in [1.807, 2.05) is 24.3 Å². The molecule has 0 amide bonds.